The molecule has 1 saturated heterocycles. The molecule has 0 radical (unpaired) electrons. The maximum atomic E-state index is 12.2. The first kappa shape index (κ1) is 46.6. The smallest absolute Gasteiger partial charge is 0.303 e. The lowest BCUT2D eigenvalue weighted by molar-refractivity contribution is -0.266. The maximum absolute atomic E-state index is 12.2. The molecule has 300 valence electrons. The Bertz CT molecular complexity index is 1070. The van der Waals surface area contributed by atoms with Crippen LogP contribution in [0.15, 0.2) is 0 Å². The van der Waals surface area contributed by atoms with E-state index in [2.05, 4.69) is 26.6 Å². The highest BCUT2D eigenvalue weighted by atomic mass is 16.7. The molecule has 0 aliphatic carbocycles. The van der Waals surface area contributed by atoms with E-state index in [1.165, 1.54) is 20.8 Å². The summed E-state index contributed by atoms with van der Waals surface area (Å²) in [5.41, 5.74) is 0. The second-order valence-corrected chi connectivity index (χ2v) is 12.2. The molecular formula is C34H61N5O13. The van der Waals surface area contributed by atoms with Crippen molar-refractivity contribution < 1.29 is 61.9 Å². The number of likely N-dealkylation sites (N-methyl/N-ethyl adjacent to an activating group) is 1. The summed E-state index contributed by atoms with van der Waals surface area (Å²) in [5, 5.41) is 14.6. The molecule has 1 aliphatic heterocycles. The monoisotopic (exact) mass is 747 g/mol. The van der Waals surface area contributed by atoms with Crippen LogP contribution in [0.1, 0.15) is 72.1 Å². The summed E-state index contributed by atoms with van der Waals surface area (Å²) < 4.78 is 38.5. The van der Waals surface area contributed by atoms with E-state index in [-0.39, 0.29) is 62.8 Å². The van der Waals surface area contributed by atoms with Crippen LogP contribution in [0.3, 0.4) is 0 Å². The van der Waals surface area contributed by atoms with Crippen molar-refractivity contribution in [3.05, 3.63) is 0 Å². The summed E-state index contributed by atoms with van der Waals surface area (Å²) >= 11 is 0. The Labute approximate surface area is 306 Å². The predicted octanol–water partition coefficient (Wildman–Crippen LogP) is -0.536. The van der Waals surface area contributed by atoms with Crippen molar-refractivity contribution in [2.24, 2.45) is 0 Å². The second kappa shape index (κ2) is 29.1. The molecule has 3 amide bonds. The minimum atomic E-state index is -0.975. The van der Waals surface area contributed by atoms with E-state index in [9.17, 15) is 28.8 Å². The van der Waals surface area contributed by atoms with E-state index in [0.717, 1.165) is 13.0 Å². The zero-order chi connectivity index (χ0) is 38.6. The Hall–Kier alpha value is -3.42. The number of rotatable bonds is 29. The summed E-state index contributed by atoms with van der Waals surface area (Å²) in [6, 6.07) is -0.0686. The third-order valence-corrected chi connectivity index (χ3v) is 7.57. The topological polar surface area (TPSA) is 227 Å². The lowest BCUT2D eigenvalue weighted by Gasteiger charge is -2.39. The van der Waals surface area contributed by atoms with Gasteiger partial charge >= 0.3 is 17.9 Å². The van der Waals surface area contributed by atoms with Crippen molar-refractivity contribution >= 4 is 35.6 Å². The number of hydrogen-bond donors (Lipinski definition) is 5. The minimum Gasteiger partial charge on any atom is -0.463 e. The zero-order valence-electron chi connectivity index (χ0n) is 31.4. The largest absolute Gasteiger partial charge is 0.463 e. The molecule has 1 aliphatic rings. The van der Waals surface area contributed by atoms with E-state index in [0.29, 0.717) is 65.1 Å². The second-order valence-electron chi connectivity index (χ2n) is 12.2. The Morgan fingerprint density at radius 3 is 1.75 bits per heavy atom. The van der Waals surface area contributed by atoms with Crippen molar-refractivity contribution in [1.29, 1.82) is 0 Å². The van der Waals surface area contributed by atoms with Gasteiger partial charge in [-0.05, 0) is 46.3 Å². The normalized spacial score (nSPS) is 18.9. The Morgan fingerprint density at radius 2 is 1.23 bits per heavy atom. The Kier molecular flexibility index (Phi) is 26.1. The summed E-state index contributed by atoms with van der Waals surface area (Å²) in [5.74, 6) is -2.04. The van der Waals surface area contributed by atoms with Crippen molar-refractivity contribution in [2.45, 2.75) is 103 Å². The SMILES string of the molecule is CNCCCNC(=O)CCOCC(COCCC(=O)NCCCNC(=O)CCCCOC1CC(OC(C)=O)C(OC(C)=O)C(COC(C)=O)O1)NC. The number of unbranched alkanes of at least 4 members (excludes halogenated alkanes) is 1. The molecule has 5 unspecified atom stereocenters. The molecule has 18 heteroatoms. The van der Waals surface area contributed by atoms with Gasteiger partial charge in [0, 0.05) is 72.7 Å². The van der Waals surface area contributed by atoms with E-state index < -0.39 is 42.5 Å². The number of hydrogen-bond acceptors (Lipinski definition) is 15. The Morgan fingerprint density at radius 1 is 0.673 bits per heavy atom. The first-order valence-corrected chi connectivity index (χ1v) is 18.0. The molecule has 0 aromatic carbocycles. The fourth-order valence-electron chi connectivity index (χ4n) is 4.90. The molecule has 5 atom stereocenters. The van der Waals surface area contributed by atoms with Gasteiger partial charge in [-0.2, -0.15) is 0 Å². The van der Waals surface area contributed by atoms with Crippen LogP contribution in [0, 0.1) is 0 Å². The molecule has 1 heterocycles. The highest BCUT2D eigenvalue weighted by Crippen LogP contribution is 2.27. The van der Waals surface area contributed by atoms with Gasteiger partial charge in [0.25, 0.3) is 0 Å². The van der Waals surface area contributed by atoms with Gasteiger partial charge < -0.3 is 59.7 Å². The highest BCUT2D eigenvalue weighted by molar-refractivity contribution is 5.76. The number of esters is 3. The van der Waals surface area contributed by atoms with Gasteiger partial charge in [-0.1, -0.05) is 0 Å². The van der Waals surface area contributed by atoms with Gasteiger partial charge in [-0.15, -0.1) is 0 Å². The molecule has 18 nitrogen and oxygen atoms in total. The van der Waals surface area contributed by atoms with Crippen LogP contribution in [-0.4, -0.2) is 146 Å². The number of nitrogens with one attached hydrogen (secondary N) is 5. The standard InChI is InChI=1S/C34H61N5O13/c1-24(40)49-23-29-34(51-26(3)42)28(50-25(2)41)20-33(52-29)48-17-7-6-10-30(43)37-15-9-16-39-32(45)12-19-47-22-27(36-5)21-46-18-11-31(44)38-14-8-13-35-4/h27-29,33-36H,6-23H2,1-5H3,(H,37,43)(H,38,44)(H,39,45). The van der Waals surface area contributed by atoms with Gasteiger partial charge in [0.15, 0.2) is 12.4 Å². The van der Waals surface area contributed by atoms with Gasteiger partial charge in [0.1, 0.15) is 18.8 Å². The number of carbonyl (C=O) groups excluding carboxylic acids is 6. The maximum Gasteiger partial charge on any atom is 0.303 e. The molecule has 0 aromatic rings. The van der Waals surface area contributed by atoms with Crippen molar-refractivity contribution in [2.75, 3.05) is 79.9 Å². The fraction of sp³-hybridized carbons (Fsp3) is 0.824. The van der Waals surface area contributed by atoms with Crippen LogP contribution < -0.4 is 26.6 Å². The van der Waals surface area contributed by atoms with Crippen molar-refractivity contribution in [3.8, 4) is 0 Å². The van der Waals surface area contributed by atoms with Gasteiger partial charge in [0.2, 0.25) is 17.7 Å². The summed E-state index contributed by atoms with van der Waals surface area (Å²) in [7, 11) is 3.66. The molecule has 52 heavy (non-hydrogen) atoms. The van der Waals surface area contributed by atoms with E-state index in [1.54, 1.807) is 7.05 Å². The van der Waals surface area contributed by atoms with Crippen LogP contribution in [0.2, 0.25) is 0 Å². The minimum absolute atomic E-state index is 0.0424. The lowest BCUT2D eigenvalue weighted by atomic mass is 10.0. The quantitative estimate of drug-likeness (QED) is 0.0368. The van der Waals surface area contributed by atoms with Crippen LogP contribution in [0.25, 0.3) is 0 Å². The first-order valence-electron chi connectivity index (χ1n) is 18.0. The molecule has 0 saturated carbocycles. The predicted molar refractivity (Wildman–Crippen MR) is 187 cm³/mol. The fourth-order valence-corrected chi connectivity index (χ4v) is 4.90. The van der Waals surface area contributed by atoms with E-state index >= 15 is 0 Å². The summed E-state index contributed by atoms with van der Waals surface area (Å²) in [6.45, 7) is 7.32. The van der Waals surface area contributed by atoms with E-state index in [1.807, 2.05) is 7.05 Å². The van der Waals surface area contributed by atoms with E-state index in [4.69, 9.17) is 33.2 Å². The van der Waals surface area contributed by atoms with Crippen LogP contribution >= 0.6 is 0 Å². The molecule has 1 fully saturated rings. The lowest BCUT2D eigenvalue weighted by Crippen LogP contribution is -2.54. The van der Waals surface area contributed by atoms with Crippen LogP contribution in [0.5, 0.6) is 0 Å². The first-order chi connectivity index (χ1) is 24.9. The van der Waals surface area contributed by atoms with Gasteiger partial charge in [-0.3, -0.25) is 28.8 Å². The molecule has 0 bridgehead atoms. The zero-order valence-corrected chi connectivity index (χ0v) is 31.4. The van der Waals surface area contributed by atoms with Gasteiger partial charge in [-0.25, -0.2) is 0 Å². The number of ether oxygens (including phenoxy) is 7. The van der Waals surface area contributed by atoms with Crippen LogP contribution in [0.4, 0.5) is 0 Å². The average molecular weight is 748 g/mol. The molecule has 0 spiro atoms. The van der Waals surface area contributed by atoms with Crippen molar-refractivity contribution in [3.63, 3.8) is 0 Å². The molecule has 0 aromatic heterocycles. The van der Waals surface area contributed by atoms with Crippen molar-refractivity contribution in [1.82, 2.24) is 26.6 Å². The number of amides is 3. The average Bonchev–Trinajstić information content (AvgIpc) is 3.08. The summed E-state index contributed by atoms with van der Waals surface area (Å²) in [6.07, 6.45) is -0.137. The van der Waals surface area contributed by atoms with Crippen LogP contribution in [-0.2, 0) is 61.9 Å². The summed E-state index contributed by atoms with van der Waals surface area (Å²) in [4.78, 5) is 70.8. The highest BCUT2D eigenvalue weighted by Gasteiger charge is 2.44. The third-order valence-electron chi connectivity index (χ3n) is 7.57. The molecule has 5 N–H and O–H groups in total. The molecular weight excluding hydrogens is 686 g/mol. The van der Waals surface area contributed by atoms with Gasteiger partial charge in [0.05, 0.1) is 32.5 Å². The molecule has 1 rings (SSSR count). The Balaban J connectivity index is 2.15. The number of carbonyl (C=O) groups is 6. The third kappa shape index (κ3) is 23.9.